The summed E-state index contributed by atoms with van der Waals surface area (Å²) in [5.74, 6) is 0.185. The molecule has 0 aliphatic heterocycles. The molecule has 0 atom stereocenters. The Bertz CT molecular complexity index is 1470. The van der Waals surface area contributed by atoms with Crippen LogP contribution in [0.4, 0.5) is 5.95 Å². The summed E-state index contributed by atoms with van der Waals surface area (Å²) in [6.07, 6.45) is 0. The van der Waals surface area contributed by atoms with Crippen molar-refractivity contribution in [1.29, 1.82) is 0 Å². The average Bonchev–Trinajstić information content (AvgIpc) is 3.56. The van der Waals surface area contributed by atoms with E-state index in [1.165, 1.54) is 4.80 Å². The number of fused-ring (bicyclic) bond motifs is 1. The molecule has 0 bridgehead atoms. The smallest absolute Gasteiger partial charge is 0.270 e. The monoisotopic (exact) mass is 497 g/mol. The Morgan fingerprint density at radius 2 is 1.70 bits per heavy atom. The van der Waals surface area contributed by atoms with Crippen molar-refractivity contribution in [3.8, 4) is 0 Å². The number of carbonyl (C=O) groups excluding carboxylic acids is 1. The molecule has 0 radical (unpaired) electrons. The minimum Gasteiger partial charge on any atom is -0.383 e. The predicted octanol–water partition coefficient (Wildman–Crippen LogP) is 3.23. The molecule has 0 aliphatic rings. The van der Waals surface area contributed by atoms with E-state index in [1.807, 2.05) is 72.2 Å². The first kappa shape index (κ1) is 24.3. The van der Waals surface area contributed by atoms with Crippen LogP contribution < -0.4 is 5.32 Å². The summed E-state index contributed by atoms with van der Waals surface area (Å²) in [5.41, 5.74) is 1.54. The van der Waals surface area contributed by atoms with E-state index >= 15 is 0 Å². The van der Waals surface area contributed by atoms with E-state index in [0.717, 1.165) is 0 Å². The highest BCUT2D eigenvalue weighted by atomic mass is 16.5. The van der Waals surface area contributed by atoms with Crippen LogP contribution in [0, 0.1) is 0 Å². The maximum absolute atomic E-state index is 13.0. The Balaban J connectivity index is 1.64. The number of aliphatic hydroxyl groups is 1. The minimum atomic E-state index is -1.54. The van der Waals surface area contributed by atoms with Crippen LogP contribution in [0.2, 0.25) is 0 Å². The highest BCUT2D eigenvalue weighted by Crippen LogP contribution is 2.37. The molecule has 0 saturated heterocycles. The van der Waals surface area contributed by atoms with Gasteiger partial charge in [0.2, 0.25) is 0 Å². The van der Waals surface area contributed by atoms with Crippen molar-refractivity contribution in [2.75, 3.05) is 19.0 Å². The van der Waals surface area contributed by atoms with Gasteiger partial charge in [0.25, 0.3) is 11.9 Å². The number of carbonyl (C=O) groups is 1. The molecule has 0 aliphatic carbocycles. The van der Waals surface area contributed by atoms with Gasteiger partial charge in [-0.05, 0) is 41.5 Å². The molecule has 10 heteroatoms. The Labute approximate surface area is 213 Å². The highest BCUT2D eigenvalue weighted by molar-refractivity contribution is 6.05. The zero-order valence-electron chi connectivity index (χ0n) is 20.6. The summed E-state index contributed by atoms with van der Waals surface area (Å²) >= 11 is 0. The molecule has 2 N–H and O–H groups in total. The fraction of sp³-hybridized carbons (Fsp3) is 0.222. The zero-order valence-corrected chi connectivity index (χ0v) is 20.6. The number of aromatic nitrogens is 6. The fourth-order valence-electron chi connectivity index (χ4n) is 4.33. The van der Waals surface area contributed by atoms with Gasteiger partial charge in [0, 0.05) is 19.2 Å². The van der Waals surface area contributed by atoms with Crippen LogP contribution in [-0.4, -0.2) is 54.5 Å². The lowest BCUT2D eigenvalue weighted by molar-refractivity contribution is 0.102. The fourth-order valence-corrected chi connectivity index (χ4v) is 4.33. The number of benzene rings is 3. The number of hydrogen-bond acceptors (Lipinski definition) is 7. The Morgan fingerprint density at radius 1 is 1.03 bits per heavy atom. The number of aryl methyl sites for hydroxylation is 1. The first-order chi connectivity index (χ1) is 18.0. The molecule has 0 spiro atoms. The molecular weight excluding hydrogens is 470 g/mol. The van der Waals surface area contributed by atoms with Crippen LogP contribution in [-0.2, 0) is 23.4 Å². The number of nitrogens with one attached hydrogen (secondary N) is 1. The van der Waals surface area contributed by atoms with Crippen molar-refractivity contribution in [1.82, 2.24) is 29.8 Å². The maximum atomic E-state index is 13.0. The summed E-state index contributed by atoms with van der Waals surface area (Å²) in [7, 11) is 1.62. The molecule has 0 unspecified atom stereocenters. The molecule has 1 amide bonds. The quantitative estimate of drug-likeness (QED) is 0.321. The van der Waals surface area contributed by atoms with E-state index in [1.54, 1.807) is 25.3 Å². The van der Waals surface area contributed by atoms with E-state index in [2.05, 4.69) is 20.7 Å². The van der Waals surface area contributed by atoms with Gasteiger partial charge in [-0.2, -0.15) is 4.80 Å². The second-order valence-electron chi connectivity index (χ2n) is 8.48. The van der Waals surface area contributed by atoms with Crippen molar-refractivity contribution < 1.29 is 14.6 Å². The number of hydrogen-bond donors (Lipinski definition) is 2. The van der Waals surface area contributed by atoms with Crippen molar-refractivity contribution in [2.24, 2.45) is 0 Å². The van der Waals surface area contributed by atoms with E-state index < -0.39 is 5.60 Å². The van der Waals surface area contributed by atoms with Gasteiger partial charge >= 0.3 is 0 Å². The third-order valence-electron chi connectivity index (χ3n) is 6.20. The predicted molar refractivity (Wildman–Crippen MR) is 138 cm³/mol. The standard InChI is InChI=1S/C27H27N7O3/c1-3-34-31-26(30-32-34)29-24(35)19-14-15-22-23(18-19)33(16-17-37-2)25(28-22)27(36,20-10-6-4-7-11-20)21-12-8-5-9-13-21/h4-15,18,36H,3,16-17H2,1-2H3,(H,29,31,35). The molecule has 5 aromatic rings. The van der Waals surface area contributed by atoms with Gasteiger partial charge in [0.05, 0.1) is 24.2 Å². The van der Waals surface area contributed by atoms with E-state index in [9.17, 15) is 9.90 Å². The van der Waals surface area contributed by atoms with Crippen LogP contribution in [0.15, 0.2) is 78.9 Å². The first-order valence-electron chi connectivity index (χ1n) is 12.0. The van der Waals surface area contributed by atoms with Crippen molar-refractivity contribution in [3.05, 3.63) is 101 Å². The van der Waals surface area contributed by atoms with E-state index in [-0.39, 0.29) is 11.9 Å². The van der Waals surface area contributed by atoms with Crippen molar-refractivity contribution >= 4 is 22.9 Å². The molecular formula is C27H27N7O3. The number of methoxy groups -OCH3 is 1. The van der Waals surface area contributed by atoms with Gasteiger partial charge in [-0.3, -0.25) is 10.1 Å². The first-order valence-corrected chi connectivity index (χ1v) is 12.0. The number of amides is 1. The van der Waals surface area contributed by atoms with Crippen LogP contribution in [0.5, 0.6) is 0 Å². The molecule has 0 saturated carbocycles. The molecule has 10 nitrogen and oxygen atoms in total. The van der Waals surface area contributed by atoms with Gasteiger partial charge in [0.1, 0.15) is 0 Å². The lowest BCUT2D eigenvalue weighted by Gasteiger charge is -2.29. The van der Waals surface area contributed by atoms with Crippen molar-refractivity contribution in [2.45, 2.75) is 25.6 Å². The molecule has 188 valence electrons. The maximum Gasteiger partial charge on any atom is 0.270 e. The molecule has 2 heterocycles. The number of imidazole rings is 1. The number of tetrazole rings is 1. The van der Waals surface area contributed by atoms with Gasteiger partial charge in [-0.25, -0.2) is 4.98 Å². The number of nitrogens with zero attached hydrogens (tertiary/aromatic N) is 6. The molecule has 37 heavy (non-hydrogen) atoms. The summed E-state index contributed by atoms with van der Waals surface area (Å²) in [6, 6.07) is 24.1. The Kier molecular flexibility index (Phi) is 6.76. The highest BCUT2D eigenvalue weighted by Gasteiger charge is 2.39. The normalized spacial score (nSPS) is 11.6. The van der Waals surface area contributed by atoms with Gasteiger partial charge in [-0.15, -0.1) is 5.10 Å². The second kappa shape index (κ2) is 10.3. The third-order valence-corrected chi connectivity index (χ3v) is 6.20. The molecule has 3 aromatic carbocycles. The lowest BCUT2D eigenvalue weighted by Crippen LogP contribution is -2.33. The average molecular weight is 498 g/mol. The third kappa shape index (κ3) is 4.59. The second-order valence-corrected chi connectivity index (χ2v) is 8.48. The number of rotatable bonds is 9. The zero-order chi connectivity index (χ0) is 25.8. The topological polar surface area (TPSA) is 120 Å². The largest absolute Gasteiger partial charge is 0.383 e. The summed E-state index contributed by atoms with van der Waals surface area (Å²) < 4.78 is 7.28. The lowest BCUT2D eigenvalue weighted by atomic mass is 9.85. The van der Waals surface area contributed by atoms with Gasteiger partial charge in [-0.1, -0.05) is 65.8 Å². The van der Waals surface area contributed by atoms with Gasteiger partial charge < -0.3 is 14.4 Å². The summed E-state index contributed by atoms with van der Waals surface area (Å²) in [6.45, 7) is 3.23. The number of anilines is 1. The van der Waals surface area contributed by atoms with Crippen LogP contribution >= 0.6 is 0 Å². The van der Waals surface area contributed by atoms with Gasteiger partial charge in [0.15, 0.2) is 11.4 Å². The SMILES string of the molecule is CCn1nnc(NC(=O)c2ccc3nc(C(O)(c4ccccc4)c4ccccc4)n(CCOC)c3c2)n1. The van der Waals surface area contributed by atoms with Crippen LogP contribution in [0.3, 0.4) is 0 Å². The summed E-state index contributed by atoms with van der Waals surface area (Å²) in [5, 5.41) is 26.9. The van der Waals surface area contributed by atoms with E-state index in [0.29, 0.717) is 53.2 Å². The Morgan fingerprint density at radius 3 is 2.30 bits per heavy atom. The Hall–Kier alpha value is -4.41. The minimum absolute atomic E-state index is 0.128. The van der Waals surface area contributed by atoms with E-state index in [4.69, 9.17) is 9.72 Å². The number of ether oxygens (including phenoxy) is 1. The van der Waals surface area contributed by atoms with Crippen molar-refractivity contribution in [3.63, 3.8) is 0 Å². The van der Waals surface area contributed by atoms with Crippen LogP contribution in [0.1, 0.15) is 34.2 Å². The molecule has 5 rings (SSSR count). The molecule has 0 fully saturated rings. The molecule has 2 aromatic heterocycles. The van der Waals surface area contributed by atoms with Crippen LogP contribution in [0.25, 0.3) is 11.0 Å². The summed E-state index contributed by atoms with van der Waals surface area (Å²) in [4.78, 5) is 19.3.